The second kappa shape index (κ2) is 5.52. The Morgan fingerprint density at radius 1 is 1.00 bits per heavy atom. The van der Waals surface area contributed by atoms with E-state index in [0.717, 1.165) is 12.1 Å². The fraction of sp³-hybridized carbons (Fsp3) is 0.833. The van der Waals surface area contributed by atoms with Gasteiger partial charge in [-0.1, -0.05) is 12.2 Å². The van der Waals surface area contributed by atoms with Crippen molar-refractivity contribution < 1.29 is 0 Å². The Labute approximate surface area is 87.2 Å². The summed E-state index contributed by atoms with van der Waals surface area (Å²) >= 11 is 0. The zero-order valence-electron chi connectivity index (χ0n) is 8.97. The van der Waals surface area contributed by atoms with Crippen molar-refractivity contribution in [3.63, 3.8) is 0 Å². The Kier molecular flexibility index (Phi) is 4.02. The summed E-state index contributed by atoms with van der Waals surface area (Å²) in [6.07, 6.45) is 12.5. The van der Waals surface area contributed by atoms with E-state index < -0.39 is 0 Å². The molecule has 0 radical (unpaired) electrons. The average molecular weight is 194 g/mol. The quantitative estimate of drug-likeness (QED) is 0.655. The molecule has 2 aliphatic rings. The molecule has 2 N–H and O–H groups in total. The maximum absolute atomic E-state index is 3.81. The smallest absolute Gasteiger partial charge is 0.0107 e. The van der Waals surface area contributed by atoms with Crippen LogP contribution in [0.4, 0.5) is 0 Å². The van der Waals surface area contributed by atoms with E-state index in [1.807, 2.05) is 0 Å². The highest BCUT2D eigenvalue weighted by atomic mass is 15.0. The summed E-state index contributed by atoms with van der Waals surface area (Å²) in [6, 6.07) is 1.52. The monoisotopic (exact) mass is 194 g/mol. The van der Waals surface area contributed by atoms with Crippen molar-refractivity contribution in [1.29, 1.82) is 0 Å². The molecule has 14 heavy (non-hydrogen) atoms. The van der Waals surface area contributed by atoms with Gasteiger partial charge in [-0.05, 0) is 51.6 Å². The van der Waals surface area contributed by atoms with Gasteiger partial charge in [-0.2, -0.15) is 0 Å². The molecule has 0 saturated carbocycles. The molecular formula is C12H22N2. The lowest BCUT2D eigenvalue weighted by molar-refractivity contribution is 0.379. The zero-order chi connectivity index (χ0) is 9.64. The SMILES string of the molecule is C1=CCC(NC2CCCNCC2)CC1. The summed E-state index contributed by atoms with van der Waals surface area (Å²) in [5.41, 5.74) is 0. The van der Waals surface area contributed by atoms with Gasteiger partial charge in [0.15, 0.2) is 0 Å². The Bertz CT molecular complexity index is 181. The van der Waals surface area contributed by atoms with Gasteiger partial charge in [0, 0.05) is 12.1 Å². The molecule has 1 heterocycles. The Hall–Kier alpha value is -0.340. The van der Waals surface area contributed by atoms with Crippen molar-refractivity contribution in [2.75, 3.05) is 13.1 Å². The fourth-order valence-corrected chi connectivity index (χ4v) is 2.46. The molecule has 2 rings (SSSR count). The van der Waals surface area contributed by atoms with Crippen LogP contribution in [-0.2, 0) is 0 Å². The van der Waals surface area contributed by atoms with Gasteiger partial charge >= 0.3 is 0 Å². The molecule has 0 spiro atoms. The molecule has 2 nitrogen and oxygen atoms in total. The topological polar surface area (TPSA) is 24.1 Å². The molecule has 1 aliphatic heterocycles. The van der Waals surface area contributed by atoms with Crippen LogP contribution in [0.25, 0.3) is 0 Å². The Morgan fingerprint density at radius 2 is 2.00 bits per heavy atom. The van der Waals surface area contributed by atoms with Gasteiger partial charge in [0.1, 0.15) is 0 Å². The largest absolute Gasteiger partial charge is 0.317 e. The van der Waals surface area contributed by atoms with Gasteiger partial charge in [0.2, 0.25) is 0 Å². The summed E-state index contributed by atoms with van der Waals surface area (Å²) in [7, 11) is 0. The van der Waals surface area contributed by atoms with Crippen LogP contribution >= 0.6 is 0 Å². The molecule has 0 aromatic rings. The maximum Gasteiger partial charge on any atom is 0.0107 e. The van der Waals surface area contributed by atoms with Crippen LogP contribution in [0.5, 0.6) is 0 Å². The number of hydrogen-bond donors (Lipinski definition) is 2. The van der Waals surface area contributed by atoms with Crippen molar-refractivity contribution in [3.8, 4) is 0 Å². The molecule has 2 atom stereocenters. The van der Waals surface area contributed by atoms with Crippen molar-refractivity contribution in [1.82, 2.24) is 10.6 Å². The van der Waals surface area contributed by atoms with Crippen molar-refractivity contribution in [3.05, 3.63) is 12.2 Å². The van der Waals surface area contributed by atoms with E-state index in [1.165, 1.54) is 51.6 Å². The molecule has 80 valence electrons. The highest BCUT2D eigenvalue weighted by molar-refractivity contribution is 4.94. The molecule has 0 amide bonds. The summed E-state index contributed by atoms with van der Waals surface area (Å²) in [6.45, 7) is 2.41. The van der Waals surface area contributed by atoms with Crippen LogP contribution in [0.2, 0.25) is 0 Å². The van der Waals surface area contributed by atoms with Crippen molar-refractivity contribution in [2.24, 2.45) is 0 Å². The van der Waals surface area contributed by atoms with Gasteiger partial charge in [0.05, 0.1) is 0 Å². The van der Waals surface area contributed by atoms with Gasteiger partial charge in [-0.3, -0.25) is 0 Å². The van der Waals surface area contributed by atoms with E-state index in [2.05, 4.69) is 22.8 Å². The molecule has 2 unspecified atom stereocenters. The number of allylic oxidation sites excluding steroid dienone is 1. The van der Waals surface area contributed by atoms with Crippen LogP contribution in [0.3, 0.4) is 0 Å². The summed E-state index contributed by atoms with van der Waals surface area (Å²) in [5, 5.41) is 7.27. The predicted octanol–water partition coefficient (Wildman–Crippen LogP) is 1.83. The van der Waals surface area contributed by atoms with Gasteiger partial charge in [0.25, 0.3) is 0 Å². The first-order valence-corrected chi connectivity index (χ1v) is 6.07. The van der Waals surface area contributed by atoms with E-state index >= 15 is 0 Å². The summed E-state index contributed by atoms with van der Waals surface area (Å²) in [5.74, 6) is 0. The third-order valence-corrected chi connectivity index (χ3v) is 3.32. The first kappa shape index (κ1) is 10.2. The molecule has 1 fully saturated rings. The van der Waals surface area contributed by atoms with E-state index in [1.54, 1.807) is 0 Å². The van der Waals surface area contributed by atoms with Crippen LogP contribution < -0.4 is 10.6 Å². The van der Waals surface area contributed by atoms with Gasteiger partial charge in [-0.25, -0.2) is 0 Å². The first-order chi connectivity index (χ1) is 6.95. The van der Waals surface area contributed by atoms with Gasteiger partial charge < -0.3 is 10.6 Å². The minimum Gasteiger partial charge on any atom is -0.317 e. The summed E-state index contributed by atoms with van der Waals surface area (Å²) in [4.78, 5) is 0. The highest BCUT2D eigenvalue weighted by Crippen LogP contribution is 2.14. The number of nitrogens with one attached hydrogen (secondary N) is 2. The fourth-order valence-electron chi connectivity index (χ4n) is 2.46. The highest BCUT2D eigenvalue weighted by Gasteiger charge is 2.16. The minimum atomic E-state index is 0.753. The molecule has 1 aliphatic carbocycles. The average Bonchev–Trinajstić information content (AvgIpc) is 2.48. The molecule has 0 aromatic carbocycles. The lowest BCUT2D eigenvalue weighted by Crippen LogP contribution is -2.39. The zero-order valence-corrected chi connectivity index (χ0v) is 8.97. The molecule has 2 heteroatoms. The van der Waals surface area contributed by atoms with Crippen LogP contribution in [0.15, 0.2) is 12.2 Å². The third kappa shape index (κ3) is 3.10. The normalized spacial score (nSPS) is 34.0. The molecule has 0 aromatic heterocycles. The number of hydrogen-bond acceptors (Lipinski definition) is 2. The predicted molar refractivity (Wildman–Crippen MR) is 60.4 cm³/mol. The van der Waals surface area contributed by atoms with Crippen molar-refractivity contribution in [2.45, 2.75) is 50.6 Å². The standard InChI is InChI=1S/C12H22N2/c1-2-5-11(6-3-1)14-12-7-4-9-13-10-8-12/h1-2,11-14H,3-10H2. The lowest BCUT2D eigenvalue weighted by atomic mass is 9.99. The lowest BCUT2D eigenvalue weighted by Gasteiger charge is -2.25. The maximum atomic E-state index is 3.81. The Balaban J connectivity index is 1.74. The minimum absolute atomic E-state index is 0.753. The number of rotatable bonds is 2. The van der Waals surface area contributed by atoms with E-state index in [9.17, 15) is 0 Å². The van der Waals surface area contributed by atoms with Crippen molar-refractivity contribution >= 4 is 0 Å². The second-order valence-electron chi connectivity index (χ2n) is 4.53. The summed E-state index contributed by atoms with van der Waals surface area (Å²) < 4.78 is 0. The van der Waals surface area contributed by atoms with Crippen LogP contribution in [-0.4, -0.2) is 25.2 Å². The van der Waals surface area contributed by atoms with Crippen LogP contribution in [0.1, 0.15) is 38.5 Å². The second-order valence-corrected chi connectivity index (χ2v) is 4.53. The first-order valence-electron chi connectivity index (χ1n) is 6.07. The van der Waals surface area contributed by atoms with E-state index in [0.29, 0.717) is 0 Å². The Morgan fingerprint density at radius 3 is 2.86 bits per heavy atom. The van der Waals surface area contributed by atoms with E-state index in [-0.39, 0.29) is 0 Å². The third-order valence-electron chi connectivity index (χ3n) is 3.32. The molecular weight excluding hydrogens is 172 g/mol. The molecule has 1 saturated heterocycles. The van der Waals surface area contributed by atoms with Gasteiger partial charge in [-0.15, -0.1) is 0 Å². The van der Waals surface area contributed by atoms with E-state index in [4.69, 9.17) is 0 Å². The molecule has 0 bridgehead atoms. The van der Waals surface area contributed by atoms with Crippen LogP contribution in [0, 0.1) is 0 Å².